The molecule has 1 fully saturated rings. The molecule has 0 aliphatic carbocycles. The van der Waals surface area contributed by atoms with Crippen molar-refractivity contribution in [2.75, 3.05) is 33.2 Å². The van der Waals surface area contributed by atoms with Gasteiger partial charge in [-0.1, -0.05) is 41.9 Å². The molecule has 0 spiro atoms. The molecular weight excluding hydrogens is 388 g/mol. The second-order valence-corrected chi connectivity index (χ2v) is 7.02. The number of carbonyl (C=O) groups excluding carboxylic acids is 1. The molecule has 1 N–H and O–H groups in total. The third-order valence-corrected chi connectivity index (χ3v) is 4.95. The summed E-state index contributed by atoms with van der Waals surface area (Å²) in [5.41, 5.74) is 1.62. The fraction of sp³-hybridized carbons (Fsp3) is 0.350. The Morgan fingerprint density at radius 1 is 1.30 bits per heavy atom. The van der Waals surface area contributed by atoms with Crippen molar-refractivity contribution in [3.63, 3.8) is 0 Å². The predicted octanol–water partition coefficient (Wildman–Crippen LogP) is 3.51. The maximum absolute atomic E-state index is 13.8. The molecule has 7 heteroatoms. The minimum absolute atomic E-state index is 0. The zero-order valence-electron chi connectivity index (χ0n) is 15.2. The third-order valence-electron chi connectivity index (χ3n) is 4.72. The van der Waals surface area contributed by atoms with Crippen LogP contribution in [-0.2, 0) is 11.3 Å². The molecule has 1 saturated heterocycles. The van der Waals surface area contributed by atoms with E-state index in [1.165, 1.54) is 6.07 Å². The van der Waals surface area contributed by atoms with Crippen LogP contribution in [0, 0.1) is 5.82 Å². The topological polar surface area (TPSA) is 35.6 Å². The van der Waals surface area contributed by atoms with Gasteiger partial charge >= 0.3 is 0 Å². The van der Waals surface area contributed by atoms with E-state index in [2.05, 4.69) is 10.2 Å². The Labute approximate surface area is 170 Å². The van der Waals surface area contributed by atoms with Crippen molar-refractivity contribution in [1.82, 2.24) is 15.1 Å². The Morgan fingerprint density at radius 2 is 2.07 bits per heavy atom. The summed E-state index contributed by atoms with van der Waals surface area (Å²) in [4.78, 5) is 16.4. The second kappa shape index (κ2) is 10.0. The van der Waals surface area contributed by atoms with Crippen LogP contribution in [0.15, 0.2) is 48.5 Å². The van der Waals surface area contributed by atoms with E-state index in [1.807, 2.05) is 24.3 Å². The zero-order valence-corrected chi connectivity index (χ0v) is 16.8. The molecule has 146 valence electrons. The van der Waals surface area contributed by atoms with E-state index >= 15 is 0 Å². The van der Waals surface area contributed by atoms with E-state index in [0.29, 0.717) is 17.1 Å². The number of nitrogens with one attached hydrogen (secondary N) is 1. The number of halogens is 3. The van der Waals surface area contributed by atoms with Crippen LogP contribution in [0.3, 0.4) is 0 Å². The molecule has 1 unspecified atom stereocenters. The first-order valence-electron chi connectivity index (χ1n) is 8.72. The Hall–Kier alpha value is -1.66. The van der Waals surface area contributed by atoms with Crippen LogP contribution < -0.4 is 5.32 Å². The van der Waals surface area contributed by atoms with Crippen LogP contribution in [0.1, 0.15) is 17.2 Å². The number of rotatable bonds is 5. The van der Waals surface area contributed by atoms with Gasteiger partial charge in [0.05, 0.1) is 6.54 Å². The van der Waals surface area contributed by atoms with Gasteiger partial charge in [0, 0.05) is 49.9 Å². The first-order valence-corrected chi connectivity index (χ1v) is 9.10. The van der Waals surface area contributed by atoms with E-state index in [9.17, 15) is 9.18 Å². The summed E-state index contributed by atoms with van der Waals surface area (Å²) in [6, 6.07) is 14.4. The van der Waals surface area contributed by atoms with Gasteiger partial charge in [0.15, 0.2) is 0 Å². The Kier molecular flexibility index (Phi) is 8.05. The predicted molar refractivity (Wildman–Crippen MR) is 109 cm³/mol. The summed E-state index contributed by atoms with van der Waals surface area (Å²) in [7, 11) is 1.71. The number of hydrogen-bond donors (Lipinski definition) is 1. The van der Waals surface area contributed by atoms with E-state index in [4.69, 9.17) is 11.6 Å². The van der Waals surface area contributed by atoms with Crippen molar-refractivity contribution in [2.24, 2.45) is 0 Å². The van der Waals surface area contributed by atoms with E-state index in [1.54, 1.807) is 30.1 Å². The number of hydrogen-bond acceptors (Lipinski definition) is 3. The number of piperazine rings is 1. The highest BCUT2D eigenvalue weighted by Gasteiger charge is 2.26. The molecular formula is C20H24Cl2FN3O. The largest absolute Gasteiger partial charge is 0.340 e. The number of carbonyl (C=O) groups is 1. The lowest BCUT2D eigenvalue weighted by molar-refractivity contribution is -0.132. The van der Waals surface area contributed by atoms with Gasteiger partial charge in [0.2, 0.25) is 5.91 Å². The van der Waals surface area contributed by atoms with Gasteiger partial charge in [-0.3, -0.25) is 9.69 Å². The highest BCUT2D eigenvalue weighted by molar-refractivity contribution is 6.30. The molecule has 4 nitrogen and oxygen atoms in total. The standard InChI is InChI=1S/C20H23ClFN3O.ClH/c1-24(13-16-5-2-3-8-18(16)22)20(26)14-25-10-9-23-12-19(25)15-6-4-7-17(21)11-15;/h2-8,11,19,23H,9-10,12-14H2,1H3;1H. The summed E-state index contributed by atoms with van der Waals surface area (Å²) < 4.78 is 13.8. The van der Waals surface area contributed by atoms with Crippen LogP contribution in [0.5, 0.6) is 0 Å². The van der Waals surface area contributed by atoms with Crippen LogP contribution in [0.25, 0.3) is 0 Å². The van der Waals surface area contributed by atoms with Crippen LogP contribution in [-0.4, -0.2) is 48.9 Å². The highest BCUT2D eigenvalue weighted by Crippen LogP contribution is 2.24. The molecule has 1 amide bonds. The quantitative estimate of drug-likeness (QED) is 0.817. The summed E-state index contributed by atoms with van der Waals surface area (Å²) in [5.74, 6) is -0.312. The van der Waals surface area contributed by atoms with Crippen molar-refractivity contribution >= 4 is 29.9 Å². The Bertz CT molecular complexity index is 774. The second-order valence-electron chi connectivity index (χ2n) is 6.59. The number of amides is 1. The molecule has 0 saturated carbocycles. The Morgan fingerprint density at radius 3 is 2.81 bits per heavy atom. The number of benzene rings is 2. The minimum atomic E-state index is -0.286. The van der Waals surface area contributed by atoms with Crippen molar-refractivity contribution in [3.05, 3.63) is 70.5 Å². The average molecular weight is 412 g/mol. The van der Waals surface area contributed by atoms with Gasteiger partial charge in [-0.15, -0.1) is 12.4 Å². The monoisotopic (exact) mass is 411 g/mol. The molecule has 0 bridgehead atoms. The summed E-state index contributed by atoms with van der Waals surface area (Å²) in [5, 5.41) is 4.06. The molecule has 1 atom stereocenters. The van der Waals surface area contributed by atoms with Crippen LogP contribution in [0.4, 0.5) is 4.39 Å². The molecule has 3 rings (SSSR count). The highest BCUT2D eigenvalue weighted by atomic mass is 35.5. The first-order chi connectivity index (χ1) is 12.5. The minimum Gasteiger partial charge on any atom is -0.340 e. The molecule has 27 heavy (non-hydrogen) atoms. The summed E-state index contributed by atoms with van der Waals surface area (Å²) in [6.07, 6.45) is 0. The maximum Gasteiger partial charge on any atom is 0.236 e. The lowest BCUT2D eigenvalue weighted by Crippen LogP contribution is -2.49. The van der Waals surface area contributed by atoms with Gasteiger partial charge in [0.1, 0.15) is 5.82 Å². The van der Waals surface area contributed by atoms with Gasteiger partial charge < -0.3 is 10.2 Å². The van der Waals surface area contributed by atoms with Gasteiger partial charge in [-0.25, -0.2) is 4.39 Å². The lowest BCUT2D eigenvalue weighted by atomic mass is 10.0. The normalized spacial score (nSPS) is 17.2. The Balaban J connectivity index is 0.00000261. The molecule has 0 radical (unpaired) electrons. The molecule has 1 heterocycles. The van der Waals surface area contributed by atoms with Gasteiger partial charge in [-0.05, 0) is 23.8 Å². The molecule has 1 aliphatic rings. The molecule has 0 aromatic heterocycles. The third kappa shape index (κ3) is 5.66. The van der Waals surface area contributed by atoms with Crippen molar-refractivity contribution in [2.45, 2.75) is 12.6 Å². The average Bonchev–Trinajstić information content (AvgIpc) is 2.64. The smallest absolute Gasteiger partial charge is 0.236 e. The van der Waals surface area contributed by atoms with Crippen molar-refractivity contribution < 1.29 is 9.18 Å². The van der Waals surface area contributed by atoms with Crippen molar-refractivity contribution in [1.29, 1.82) is 0 Å². The molecule has 2 aromatic carbocycles. The SMILES string of the molecule is CN(Cc1ccccc1F)C(=O)CN1CCNCC1c1cccc(Cl)c1.Cl. The van der Waals surface area contributed by atoms with E-state index in [-0.39, 0.29) is 36.7 Å². The van der Waals surface area contributed by atoms with Gasteiger partial charge in [-0.2, -0.15) is 0 Å². The fourth-order valence-electron chi connectivity index (χ4n) is 3.24. The summed E-state index contributed by atoms with van der Waals surface area (Å²) in [6.45, 7) is 2.94. The van der Waals surface area contributed by atoms with E-state index in [0.717, 1.165) is 25.2 Å². The fourth-order valence-corrected chi connectivity index (χ4v) is 3.44. The molecule has 2 aromatic rings. The van der Waals surface area contributed by atoms with Gasteiger partial charge in [0.25, 0.3) is 0 Å². The van der Waals surface area contributed by atoms with Crippen LogP contribution in [0.2, 0.25) is 5.02 Å². The maximum atomic E-state index is 13.8. The van der Waals surface area contributed by atoms with Crippen LogP contribution >= 0.6 is 24.0 Å². The summed E-state index contributed by atoms with van der Waals surface area (Å²) >= 11 is 6.12. The number of nitrogens with zero attached hydrogens (tertiary/aromatic N) is 2. The zero-order chi connectivity index (χ0) is 18.5. The number of likely N-dealkylation sites (N-methyl/N-ethyl adjacent to an activating group) is 1. The first kappa shape index (κ1) is 21.6. The lowest BCUT2D eigenvalue weighted by Gasteiger charge is -2.37. The van der Waals surface area contributed by atoms with Crippen molar-refractivity contribution in [3.8, 4) is 0 Å². The molecule has 1 aliphatic heterocycles. The van der Waals surface area contributed by atoms with E-state index < -0.39 is 0 Å².